The lowest BCUT2D eigenvalue weighted by Crippen LogP contribution is -2.30. The maximum atomic E-state index is 13.4. The zero-order chi connectivity index (χ0) is 26.8. The minimum absolute atomic E-state index is 0.163. The normalized spacial score (nSPS) is 12.4. The topological polar surface area (TPSA) is 38.8 Å². The van der Waals surface area contributed by atoms with E-state index in [-0.39, 0.29) is 29.9 Å². The van der Waals surface area contributed by atoms with Crippen LogP contribution < -0.4 is 4.74 Å². The van der Waals surface area contributed by atoms with Crippen LogP contribution in [0.4, 0.5) is 13.2 Å². The molecule has 8 heteroatoms. The van der Waals surface area contributed by atoms with Gasteiger partial charge in [-0.3, -0.25) is 9.69 Å². The van der Waals surface area contributed by atoms with Gasteiger partial charge in [-0.1, -0.05) is 73.1 Å². The van der Waals surface area contributed by atoms with Crippen molar-refractivity contribution in [3.05, 3.63) is 100 Å². The first-order valence-corrected chi connectivity index (χ1v) is 12.5. The third-order valence-corrected chi connectivity index (χ3v) is 6.49. The Morgan fingerprint density at radius 1 is 1.03 bits per heavy atom. The third kappa shape index (κ3) is 8.79. The Morgan fingerprint density at radius 3 is 2.46 bits per heavy atom. The number of hydrogen-bond donors (Lipinski definition) is 0. The van der Waals surface area contributed by atoms with Crippen molar-refractivity contribution in [2.75, 3.05) is 26.8 Å². The molecule has 0 saturated heterocycles. The molecule has 0 aliphatic rings. The van der Waals surface area contributed by atoms with Gasteiger partial charge in [0, 0.05) is 19.6 Å². The average Bonchev–Trinajstić information content (AvgIpc) is 2.87. The summed E-state index contributed by atoms with van der Waals surface area (Å²) < 4.78 is 50.8. The fourth-order valence-electron chi connectivity index (χ4n) is 4.13. The van der Waals surface area contributed by atoms with E-state index < -0.39 is 11.7 Å². The number of nitrogens with zero attached hydrogens (tertiary/aromatic N) is 1. The molecule has 0 amide bonds. The molecule has 1 atom stereocenters. The monoisotopic (exact) mass is 533 g/mol. The molecule has 3 aromatic rings. The highest BCUT2D eigenvalue weighted by Gasteiger charge is 2.34. The number of ether oxygens (including phenoxy) is 2. The van der Waals surface area contributed by atoms with Crippen molar-refractivity contribution < 1.29 is 27.4 Å². The maximum Gasteiger partial charge on any atom is 0.417 e. The Bertz CT molecular complexity index is 1150. The van der Waals surface area contributed by atoms with Crippen molar-refractivity contribution >= 4 is 17.6 Å². The summed E-state index contributed by atoms with van der Waals surface area (Å²) >= 11 is 6.19. The Kier molecular flexibility index (Phi) is 10.4. The number of esters is 1. The van der Waals surface area contributed by atoms with Gasteiger partial charge >= 0.3 is 12.1 Å². The van der Waals surface area contributed by atoms with Crippen LogP contribution in [-0.2, 0) is 28.7 Å². The number of alkyl halides is 3. The summed E-state index contributed by atoms with van der Waals surface area (Å²) in [6, 6.07) is 21.3. The number of benzene rings is 3. The molecule has 3 rings (SSSR count). The number of hydrogen-bond acceptors (Lipinski definition) is 4. The van der Waals surface area contributed by atoms with E-state index in [1.165, 1.54) is 13.2 Å². The molecular formula is C29H31ClF3NO3. The first kappa shape index (κ1) is 28.5. The molecule has 37 heavy (non-hydrogen) atoms. The second-order valence-electron chi connectivity index (χ2n) is 8.93. The molecule has 0 spiro atoms. The van der Waals surface area contributed by atoms with Crippen molar-refractivity contribution in [2.45, 2.75) is 38.4 Å². The molecule has 0 aliphatic heterocycles. The van der Waals surface area contributed by atoms with Crippen LogP contribution in [0.5, 0.6) is 5.75 Å². The zero-order valence-electron chi connectivity index (χ0n) is 20.9. The summed E-state index contributed by atoms with van der Waals surface area (Å²) in [5.41, 5.74) is 1.56. The van der Waals surface area contributed by atoms with Crippen LogP contribution in [0.1, 0.15) is 41.5 Å². The van der Waals surface area contributed by atoms with Gasteiger partial charge in [0.15, 0.2) is 0 Å². The Hall–Kier alpha value is -3.03. The molecule has 4 nitrogen and oxygen atoms in total. The van der Waals surface area contributed by atoms with E-state index in [0.717, 1.165) is 17.2 Å². The summed E-state index contributed by atoms with van der Waals surface area (Å²) in [7, 11) is 1.35. The first-order valence-electron chi connectivity index (χ1n) is 12.1. The summed E-state index contributed by atoms with van der Waals surface area (Å²) in [6.07, 6.45) is -3.69. The number of carbonyl (C=O) groups excluding carboxylic acids is 1. The predicted molar refractivity (Wildman–Crippen MR) is 139 cm³/mol. The zero-order valence-corrected chi connectivity index (χ0v) is 21.7. The van der Waals surface area contributed by atoms with Gasteiger partial charge in [-0.2, -0.15) is 13.2 Å². The molecule has 3 aromatic carbocycles. The van der Waals surface area contributed by atoms with Crippen LogP contribution in [0, 0.1) is 0 Å². The van der Waals surface area contributed by atoms with Crippen molar-refractivity contribution in [1.82, 2.24) is 4.90 Å². The maximum absolute atomic E-state index is 13.4. The van der Waals surface area contributed by atoms with Crippen molar-refractivity contribution in [1.29, 1.82) is 0 Å². The van der Waals surface area contributed by atoms with Crippen LogP contribution in [0.2, 0.25) is 5.02 Å². The van der Waals surface area contributed by atoms with Crippen LogP contribution in [-0.4, -0.2) is 37.7 Å². The largest absolute Gasteiger partial charge is 0.494 e. The highest BCUT2D eigenvalue weighted by Crippen LogP contribution is 2.36. The smallest absolute Gasteiger partial charge is 0.417 e. The molecule has 0 bridgehead atoms. The lowest BCUT2D eigenvalue weighted by atomic mass is 10.00. The summed E-state index contributed by atoms with van der Waals surface area (Å²) in [4.78, 5) is 13.6. The lowest BCUT2D eigenvalue weighted by Gasteiger charge is -2.27. The third-order valence-electron chi connectivity index (χ3n) is 6.04. The van der Waals surface area contributed by atoms with E-state index in [2.05, 4.69) is 11.8 Å². The summed E-state index contributed by atoms with van der Waals surface area (Å²) in [6.45, 7) is 4.04. The van der Waals surface area contributed by atoms with Crippen LogP contribution in [0.3, 0.4) is 0 Å². The molecular weight excluding hydrogens is 503 g/mol. The van der Waals surface area contributed by atoms with Crippen molar-refractivity contribution in [3.8, 4) is 5.75 Å². The predicted octanol–water partition coefficient (Wildman–Crippen LogP) is 7.15. The van der Waals surface area contributed by atoms with Gasteiger partial charge in [0.2, 0.25) is 0 Å². The SMILES string of the molecule is COC(=O)Cc1cccc(OCCCN(Cc2cccc(C(F)(F)F)c2Cl)C[C@@H](C)c2ccccc2)c1. The number of methoxy groups -OCH3 is 1. The van der Waals surface area contributed by atoms with Gasteiger partial charge < -0.3 is 9.47 Å². The van der Waals surface area contributed by atoms with Gasteiger partial charge in [0.05, 0.1) is 30.7 Å². The fraction of sp³-hybridized carbons (Fsp3) is 0.345. The molecule has 0 aliphatic carbocycles. The minimum atomic E-state index is -4.51. The standard InChI is InChI=1S/C29H31ClF3NO3/c1-21(23-10-4-3-5-11-23)19-34(20-24-12-7-14-26(28(24)30)29(31,32)33)15-8-16-37-25-13-6-9-22(17-25)18-27(35)36-2/h3-7,9-14,17,21H,8,15-16,18-20H2,1-2H3/t21-/m1/s1. The van der Waals surface area contributed by atoms with Gasteiger partial charge in [-0.25, -0.2) is 0 Å². The van der Waals surface area contributed by atoms with Gasteiger partial charge in [-0.15, -0.1) is 0 Å². The molecule has 0 saturated carbocycles. The summed E-state index contributed by atoms with van der Waals surface area (Å²) in [5, 5.41) is -0.258. The molecule has 0 aromatic heterocycles. The van der Waals surface area contributed by atoms with E-state index in [0.29, 0.717) is 37.4 Å². The average molecular weight is 534 g/mol. The lowest BCUT2D eigenvalue weighted by molar-refractivity contribution is -0.140. The molecule has 0 heterocycles. The highest BCUT2D eigenvalue weighted by atomic mass is 35.5. The van der Waals surface area contributed by atoms with Crippen LogP contribution in [0.25, 0.3) is 0 Å². The summed E-state index contributed by atoms with van der Waals surface area (Å²) in [5.74, 6) is 0.488. The Balaban J connectivity index is 1.67. The minimum Gasteiger partial charge on any atom is -0.494 e. The van der Waals surface area contributed by atoms with Crippen molar-refractivity contribution in [3.63, 3.8) is 0 Å². The van der Waals surface area contributed by atoms with Gasteiger partial charge in [-0.05, 0) is 47.2 Å². The second kappa shape index (κ2) is 13.5. The number of carbonyl (C=O) groups is 1. The molecule has 0 fully saturated rings. The van der Waals surface area contributed by atoms with Crippen LogP contribution in [0.15, 0.2) is 72.8 Å². The number of rotatable bonds is 12. The quantitative estimate of drug-likeness (QED) is 0.183. The van der Waals surface area contributed by atoms with E-state index in [9.17, 15) is 18.0 Å². The van der Waals surface area contributed by atoms with Gasteiger partial charge in [0.1, 0.15) is 5.75 Å². The Morgan fingerprint density at radius 2 is 1.76 bits per heavy atom. The van der Waals surface area contributed by atoms with Crippen LogP contribution >= 0.6 is 11.6 Å². The second-order valence-corrected chi connectivity index (χ2v) is 9.30. The van der Waals surface area contributed by atoms with Crippen molar-refractivity contribution in [2.24, 2.45) is 0 Å². The number of halogens is 4. The van der Waals surface area contributed by atoms with E-state index >= 15 is 0 Å². The van der Waals surface area contributed by atoms with Gasteiger partial charge in [0.25, 0.3) is 0 Å². The Labute approximate surface area is 221 Å². The molecule has 198 valence electrons. The molecule has 0 radical (unpaired) electrons. The fourth-order valence-corrected chi connectivity index (χ4v) is 4.43. The molecule has 0 unspecified atom stereocenters. The molecule has 0 N–H and O–H groups in total. The first-order chi connectivity index (χ1) is 17.7. The van der Waals surface area contributed by atoms with E-state index in [1.54, 1.807) is 12.1 Å². The highest BCUT2D eigenvalue weighted by molar-refractivity contribution is 6.32. The van der Waals surface area contributed by atoms with E-state index in [1.807, 2.05) is 48.5 Å². The van der Waals surface area contributed by atoms with E-state index in [4.69, 9.17) is 21.1 Å².